The van der Waals surface area contributed by atoms with E-state index in [4.69, 9.17) is 10.2 Å². The number of fused-ring (bicyclic) bond motifs is 1. The van der Waals surface area contributed by atoms with Crippen molar-refractivity contribution in [3.8, 4) is 0 Å². The van der Waals surface area contributed by atoms with Crippen LogP contribution in [-0.2, 0) is 6.42 Å². The van der Waals surface area contributed by atoms with E-state index in [1.165, 1.54) is 5.56 Å². The Labute approximate surface area is 67.5 Å². The topological polar surface area (TPSA) is 39.2 Å². The van der Waals surface area contributed by atoms with Gasteiger partial charge in [0, 0.05) is 18.0 Å². The van der Waals surface area contributed by atoms with E-state index >= 15 is 0 Å². The first kappa shape index (κ1) is 6.43. The van der Waals surface area contributed by atoms with E-state index in [1.54, 1.807) is 0 Å². The van der Waals surface area contributed by atoms with Crippen molar-refractivity contribution in [1.29, 1.82) is 0 Å². The Morgan fingerprint density at radius 3 is 3.20 bits per heavy atom. The summed E-state index contributed by atoms with van der Waals surface area (Å²) in [5.41, 5.74) is 6.95. The third kappa shape index (κ3) is 0.812. The van der Waals surface area contributed by atoms with Crippen LogP contribution in [0.15, 0.2) is 15.2 Å². The quantitative estimate of drug-likeness (QED) is 0.698. The zero-order valence-corrected chi connectivity index (χ0v) is 7.02. The van der Waals surface area contributed by atoms with E-state index in [0.29, 0.717) is 0 Å². The van der Waals surface area contributed by atoms with Crippen LogP contribution in [0.1, 0.15) is 23.8 Å². The summed E-state index contributed by atoms with van der Waals surface area (Å²) in [6.07, 6.45) is 2.02. The first-order chi connectivity index (χ1) is 4.77. The lowest BCUT2D eigenvalue weighted by atomic mass is 10.2. The molecule has 1 aliphatic carbocycles. The molecule has 2 N–H and O–H groups in total. The highest BCUT2D eigenvalue weighted by Gasteiger charge is 2.22. The summed E-state index contributed by atoms with van der Waals surface area (Å²) in [6.45, 7) is 0. The molecule has 0 spiro atoms. The fraction of sp³-hybridized carbons (Fsp3) is 0.429. The highest BCUT2D eigenvalue weighted by atomic mass is 79.9. The molecule has 0 radical (unpaired) electrons. The highest BCUT2D eigenvalue weighted by molar-refractivity contribution is 9.10. The first-order valence-corrected chi connectivity index (χ1v) is 4.10. The third-order valence-electron chi connectivity index (χ3n) is 1.89. The molecule has 2 rings (SSSR count). The summed E-state index contributed by atoms with van der Waals surface area (Å²) in [4.78, 5) is 0. The lowest BCUT2D eigenvalue weighted by Gasteiger charge is -1.96. The molecule has 1 aliphatic rings. The maximum absolute atomic E-state index is 5.78. The van der Waals surface area contributed by atoms with E-state index in [2.05, 4.69) is 15.9 Å². The largest absolute Gasteiger partial charge is 0.454 e. The van der Waals surface area contributed by atoms with Crippen LogP contribution >= 0.6 is 15.9 Å². The van der Waals surface area contributed by atoms with Crippen molar-refractivity contribution in [2.45, 2.75) is 18.9 Å². The van der Waals surface area contributed by atoms with Crippen LogP contribution in [0.2, 0.25) is 0 Å². The molecule has 10 heavy (non-hydrogen) atoms. The van der Waals surface area contributed by atoms with Gasteiger partial charge in [-0.25, -0.2) is 0 Å². The van der Waals surface area contributed by atoms with Gasteiger partial charge in [0.25, 0.3) is 0 Å². The van der Waals surface area contributed by atoms with Crippen LogP contribution < -0.4 is 5.73 Å². The summed E-state index contributed by atoms with van der Waals surface area (Å²) in [5.74, 6) is 1.05. The molecule has 1 unspecified atom stereocenters. The van der Waals surface area contributed by atoms with Gasteiger partial charge in [-0.15, -0.1) is 0 Å². The van der Waals surface area contributed by atoms with Crippen LogP contribution in [0.25, 0.3) is 0 Å². The smallest absolute Gasteiger partial charge is 0.169 e. The molecule has 0 saturated heterocycles. The summed E-state index contributed by atoms with van der Waals surface area (Å²) >= 11 is 3.26. The Bertz CT molecular complexity index is 256. The Hall–Kier alpha value is -0.280. The second-order valence-corrected chi connectivity index (χ2v) is 3.36. The van der Waals surface area contributed by atoms with E-state index in [1.807, 2.05) is 6.07 Å². The van der Waals surface area contributed by atoms with Crippen molar-refractivity contribution >= 4 is 15.9 Å². The van der Waals surface area contributed by atoms with Crippen LogP contribution in [-0.4, -0.2) is 0 Å². The van der Waals surface area contributed by atoms with Crippen molar-refractivity contribution < 1.29 is 4.42 Å². The maximum Gasteiger partial charge on any atom is 0.169 e. The molecular weight excluding hydrogens is 194 g/mol. The molecular formula is C7H8BrNO. The molecule has 0 aliphatic heterocycles. The van der Waals surface area contributed by atoms with Crippen molar-refractivity contribution in [1.82, 2.24) is 0 Å². The van der Waals surface area contributed by atoms with Gasteiger partial charge < -0.3 is 10.2 Å². The maximum atomic E-state index is 5.78. The second-order valence-electron chi connectivity index (χ2n) is 2.57. The molecule has 1 heterocycles. The van der Waals surface area contributed by atoms with Crippen molar-refractivity contribution in [3.05, 3.63) is 22.1 Å². The van der Waals surface area contributed by atoms with Crippen LogP contribution in [0.5, 0.6) is 0 Å². The fourth-order valence-electron chi connectivity index (χ4n) is 1.36. The zero-order valence-electron chi connectivity index (χ0n) is 5.43. The molecule has 0 aromatic carbocycles. The first-order valence-electron chi connectivity index (χ1n) is 3.31. The van der Waals surface area contributed by atoms with Gasteiger partial charge in [0.2, 0.25) is 0 Å². The number of nitrogens with two attached hydrogens (primary N) is 1. The standard InChI is InChI=1S/C7H8BrNO/c8-7-3-4-5(9)1-2-6(4)10-7/h3,5H,1-2,9H2. The predicted molar refractivity (Wildman–Crippen MR) is 41.7 cm³/mol. The number of hydrogen-bond acceptors (Lipinski definition) is 2. The average molecular weight is 202 g/mol. The molecule has 3 heteroatoms. The van der Waals surface area contributed by atoms with Gasteiger partial charge >= 0.3 is 0 Å². The Balaban J connectivity index is 2.49. The van der Waals surface area contributed by atoms with Crippen LogP contribution in [0, 0.1) is 0 Å². The monoisotopic (exact) mass is 201 g/mol. The number of furan rings is 1. The van der Waals surface area contributed by atoms with Gasteiger partial charge in [-0.2, -0.15) is 0 Å². The molecule has 1 atom stereocenters. The summed E-state index contributed by atoms with van der Waals surface area (Å²) < 4.78 is 6.13. The van der Waals surface area contributed by atoms with E-state index < -0.39 is 0 Å². The van der Waals surface area contributed by atoms with Crippen molar-refractivity contribution in [2.75, 3.05) is 0 Å². The van der Waals surface area contributed by atoms with Crippen LogP contribution in [0.3, 0.4) is 0 Å². The Kier molecular flexibility index (Phi) is 1.35. The summed E-state index contributed by atoms with van der Waals surface area (Å²) in [7, 11) is 0. The summed E-state index contributed by atoms with van der Waals surface area (Å²) in [5, 5.41) is 0. The lowest BCUT2D eigenvalue weighted by molar-refractivity contribution is 0.492. The Morgan fingerprint density at radius 2 is 2.50 bits per heavy atom. The highest BCUT2D eigenvalue weighted by Crippen LogP contribution is 2.33. The summed E-state index contributed by atoms with van der Waals surface area (Å²) in [6, 6.07) is 2.16. The van der Waals surface area contributed by atoms with E-state index in [-0.39, 0.29) is 6.04 Å². The third-order valence-corrected chi connectivity index (χ3v) is 2.28. The van der Waals surface area contributed by atoms with Crippen molar-refractivity contribution in [3.63, 3.8) is 0 Å². The number of rotatable bonds is 0. The van der Waals surface area contributed by atoms with E-state index in [9.17, 15) is 0 Å². The zero-order chi connectivity index (χ0) is 7.14. The van der Waals surface area contributed by atoms with Crippen LogP contribution in [0.4, 0.5) is 0 Å². The molecule has 2 nitrogen and oxygen atoms in total. The lowest BCUT2D eigenvalue weighted by Crippen LogP contribution is -2.03. The number of hydrogen-bond donors (Lipinski definition) is 1. The van der Waals surface area contributed by atoms with Gasteiger partial charge in [0.1, 0.15) is 5.76 Å². The van der Waals surface area contributed by atoms with Gasteiger partial charge in [-0.1, -0.05) is 0 Å². The molecule has 0 amide bonds. The SMILES string of the molecule is NC1CCc2oc(Br)cc21. The van der Waals surface area contributed by atoms with E-state index in [0.717, 1.165) is 23.3 Å². The molecule has 54 valence electrons. The average Bonchev–Trinajstić information content (AvgIpc) is 2.35. The van der Waals surface area contributed by atoms with Gasteiger partial charge in [0.05, 0.1) is 0 Å². The minimum absolute atomic E-state index is 0.199. The molecule has 0 saturated carbocycles. The van der Waals surface area contributed by atoms with Gasteiger partial charge in [0.15, 0.2) is 4.67 Å². The van der Waals surface area contributed by atoms with Gasteiger partial charge in [-0.05, 0) is 28.4 Å². The molecule has 0 fully saturated rings. The van der Waals surface area contributed by atoms with Gasteiger partial charge in [-0.3, -0.25) is 0 Å². The number of aryl methyl sites for hydroxylation is 1. The molecule has 1 aromatic heterocycles. The Morgan fingerprint density at radius 1 is 1.70 bits per heavy atom. The predicted octanol–water partition coefficient (Wildman–Crippen LogP) is 1.99. The fourth-order valence-corrected chi connectivity index (χ4v) is 1.80. The van der Waals surface area contributed by atoms with Crippen molar-refractivity contribution in [2.24, 2.45) is 5.73 Å². The second kappa shape index (κ2) is 2.10. The minimum Gasteiger partial charge on any atom is -0.454 e. The molecule has 0 bridgehead atoms. The molecule has 1 aromatic rings. The number of halogens is 1. The normalized spacial score (nSPS) is 23.2. The minimum atomic E-state index is 0.199.